The van der Waals surface area contributed by atoms with E-state index < -0.39 is 35.3 Å². The standard InChI is InChI=1S/C31H35F3N6O4/c1-20(39-15-17-40(18-16-39)26-14-11-22(19-35-26)31(32,33)34)27(41)36-23-12-9-21(10-13-23)28(42)37-24-7-5-6-8-25(24)44-29(43)38-30(2,3)4/h5-14,19-20H,15-18H2,1-4H3,(H,36,41)(H,37,42)(H,38,43). The van der Waals surface area contributed by atoms with E-state index in [4.69, 9.17) is 4.74 Å². The fourth-order valence-corrected chi connectivity index (χ4v) is 4.48. The van der Waals surface area contributed by atoms with E-state index in [1.54, 1.807) is 55.5 Å². The van der Waals surface area contributed by atoms with Gasteiger partial charge in [-0.25, -0.2) is 9.78 Å². The van der Waals surface area contributed by atoms with Gasteiger partial charge < -0.3 is 25.6 Å². The van der Waals surface area contributed by atoms with Gasteiger partial charge in [-0.3, -0.25) is 14.5 Å². The molecule has 1 unspecified atom stereocenters. The quantitative estimate of drug-likeness (QED) is 0.328. The molecule has 13 heteroatoms. The number of rotatable bonds is 7. The van der Waals surface area contributed by atoms with Crippen LogP contribution >= 0.6 is 0 Å². The third-order valence-corrected chi connectivity index (χ3v) is 6.87. The molecule has 0 saturated carbocycles. The number of carbonyl (C=O) groups is 3. The van der Waals surface area contributed by atoms with Crippen LogP contribution in [-0.2, 0) is 11.0 Å². The molecule has 2 heterocycles. The highest BCUT2D eigenvalue weighted by Crippen LogP contribution is 2.30. The first-order valence-electron chi connectivity index (χ1n) is 14.0. The average Bonchev–Trinajstić information content (AvgIpc) is 2.97. The van der Waals surface area contributed by atoms with E-state index in [0.717, 1.165) is 12.3 Å². The maximum Gasteiger partial charge on any atom is 0.417 e. The molecule has 44 heavy (non-hydrogen) atoms. The van der Waals surface area contributed by atoms with Gasteiger partial charge in [0.1, 0.15) is 5.82 Å². The number of aromatic nitrogens is 1. The molecule has 0 aliphatic carbocycles. The van der Waals surface area contributed by atoms with Gasteiger partial charge in [-0.1, -0.05) is 12.1 Å². The van der Waals surface area contributed by atoms with E-state index in [1.807, 2.05) is 30.6 Å². The lowest BCUT2D eigenvalue weighted by Crippen LogP contribution is -2.53. The summed E-state index contributed by atoms with van der Waals surface area (Å²) in [6.07, 6.45) is -4.26. The topological polar surface area (TPSA) is 116 Å². The number of alkyl halides is 3. The largest absolute Gasteiger partial charge is 0.417 e. The molecule has 3 aromatic rings. The molecule has 1 atom stereocenters. The van der Waals surface area contributed by atoms with Crippen molar-refractivity contribution in [1.82, 2.24) is 15.2 Å². The Balaban J connectivity index is 1.28. The maximum atomic E-state index is 13.0. The predicted octanol–water partition coefficient (Wildman–Crippen LogP) is 5.39. The number of halogens is 3. The van der Waals surface area contributed by atoms with Crippen molar-refractivity contribution in [2.75, 3.05) is 41.7 Å². The number of ether oxygens (including phenoxy) is 1. The van der Waals surface area contributed by atoms with Crippen LogP contribution in [-0.4, -0.2) is 65.6 Å². The molecule has 0 spiro atoms. The number of nitrogens with one attached hydrogen (secondary N) is 3. The minimum Gasteiger partial charge on any atom is -0.408 e. The van der Waals surface area contributed by atoms with Gasteiger partial charge in [-0.05, 0) is 76.2 Å². The highest BCUT2D eigenvalue weighted by atomic mass is 19.4. The lowest BCUT2D eigenvalue weighted by atomic mass is 10.1. The van der Waals surface area contributed by atoms with Crippen molar-refractivity contribution < 1.29 is 32.3 Å². The van der Waals surface area contributed by atoms with Gasteiger partial charge in [0.15, 0.2) is 5.75 Å². The van der Waals surface area contributed by atoms with Crippen molar-refractivity contribution in [3.05, 3.63) is 78.0 Å². The summed E-state index contributed by atoms with van der Waals surface area (Å²) in [7, 11) is 0. The minimum atomic E-state index is -4.44. The summed E-state index contributed by atoms with van der Waals surface area (Å²) in [5.74, 6) is -0.00953. The van der Waals surface area contributed by atoms with Crippen molar-refractivity contribution in [3.8, 4) is 5.75 Å². The lowest BCUT2D eigenvalue weighted by molar-refractivity contribution is -0.137. The number of hydrogen-bond donors (Lipinski definition) is 3. The number of anilines is 3. The highest BCUT2D eigenvalue weighted by Gasteiger charge is 2.31. The van der Waals surface area contributed by atoms with E-state index in [0.29, 0.717) is 48.9 Å². The van der Waals surface area contributed by atoms with Crippen molar-refractivity contribution in [2.45, 2.75) is 45.5 Å². The number of carbonyl (C=O) groups excluding carboxylic acids is 3. The third-order valence-electron chi connectivity index (χ3n) is 6.87. The monoisotopic (exact) mass is 612 g/mol. The molecule has 0 radical (unpaired) electrons. The summed E-state index contributed by atoms with van der Waals surface area (Å²) >= 11 is 0. The van der Waals surface area contributed by atoms with Gasteiger partial charge in [-0.2, -0.15) is 13.2 Å². The predicted molar refractivity (Wildman–Crippen MR) is 161 cm³/mol. The van der Waals surface area contributed by atoms with Gasteiger partial charge >= 0.3 is 12.3 Å². The second-order valence-corrected chi connectivity index (χ2v) is 11.4. The van der Waals surface area contributed by atoms with Crippen LogP contribution in [0.4, 0.5) is 35.2 Å². The smallest absolute Gasteiger partial charge is 0.408 e. The van der Waals surface area contributed by atoms with E-state index in [2.05, 4.69) is 20.9 Å². The first-order chi connectivity index (χ1) is 20.7. The molecule has 3 amide bonds. The molecule has 1 aromatic heterocycles. The van der Waals surface area contributed by atoms with E-state index in [1.165, 1.54) is 6.07 Å². The zero-order chi connectivity index (χ0) is 32.1. The van der Waals surface area contributed by atoms with Crippen LogP contribution < -0.4 is 25.6 Å². The number of piperazine rings is 1. The number of nitrogens with zero attached hydrogens (tertiary/aromatic N) is 3. The molecular formula is C31H35F3N6O4. The number of para-hydroxylation sites is 2. The molecule has 1 saturated heterocycles. The summed E-state index contributed by atoms with van der Waals surface area (Å²) in [4.78, 5) is 45.9. The molecule has 1 aliphatic heterocycles. The Kier molecular flexibility index (Phi) is 9.78. The molecule has 10 nitrogen and oxygen atoms in total. The van der Waals surface area contributed by atoms with Gasteiger partial charge in [0.25, 0.3) is 5.91 Å². The molecular weight excluding hydrogens is 577 g/mol. The van der Waals surface area contributed by atoms with Crippen LogP contribution in [0.1, 0.15) is 43.6 Å². The summed E-state index contributed by atoms with van der Waals surface area (Å²) in [5.41, 5.74) is -0.125. The first-order valence-corrected chi connectivity index (χ1v) is 14.0. The van der Waals surface area contributed by atoms with E-state index in [9.17, 15) is 27.6 Å². The molecule has 1 aliphatic rings. The van der Waals surface area contributed by atoms with Gasteiger partial charge in [-0.15, -0.1) is 0 Å². The Morgan fingerprint density at radius 3 is 2.14 bits per heavy atom. The van der Waals surface area contributed by atoms with Crippen LogP contribution in [0, 0.1) is 0 Å². The Morgan fingerprint density at radius 2 is 1.55 bits per heavy atom. The fourth-order valence-electron chi connectivity index (χ4n) is 4.48. The SMILES string of the molecule is CC(C(=O)Nc1ccc(C(=O)Nc2ccccc2OC(=O)NC(C)(C)C)cc1)N1CCN(c2ccc(C(F)(F)F)cn2)CC1. The molecule has 3 N–H and O–H groups in total. The van der Waals surface area contributed by atoms with Crippen LogP contribution in [0.15, 0.2) is 66.9 Å². The maximum absolute atomic E-state index is 13.0. The third kappa shape index (κ3) is 8.69. The number of hydrogen-bond acceptors (Lipinski definition) is 7. The highest BCUT2D eigenvalue weighted by molar-refractivity contribution is 6.05. The molecule has 0 bridgehead atoms. The van der Waals surface area contributed by atoms with Crippen LogP contribution in [0.25, 0.3) is 0 Å². The minimum absolute atomic E-state index is 0.192. The van der Waals surface area contributed by atoms with Gasteiger partial charge in [0.05, 0.1) is 17.3 Å². The van der Waals surface area contributed by atoms with Gasteiger partial charge in [0, 0.05) is 49.2 Å². The molecule has 234 valence electrons. The summed E-state index contributed by atoms with van der Waals surface area (Å²) in [6, 6.07) is 14.9. The second kappa shape index (κ2) is 13.3. The van der Waals surface area contributed by atoms with Gasteiger partial charge in [0.2, 0.25) is 5.91 Å². The Labute approximate surface area is 253 Å². The van der Waals surface area contributed by atoms with E-state index in [-0.39, 0.29) is 11.7 Å². The Bertz CT molecular complexity index is 1470. The van der Waals surface area contributed by atoms with Crippen molar-refractivity contribution >= 4 is 35.1 Å². The van der Waals surface area contributed by atoms with E-state index >= 15 is 0 Å². The van der Waals surface area contributed by atoms with Crippen molar-refractivity contribution in [3.63, 3.8) is 0 Å². The molecule has 4 rings (SSSR count). The van der Waals surface area contributed by atoms with Crippen molar-refractivity contribution in [1.29, 1.82) is 0 Å². The normalized spacial score (nSPS) is 14.8. The van der Waals surface area contributed by atoms with Crippen LogP contribution in [0.3, 0.4) is 0 Å². The van der Waals surface area contributed by atoms with Crippen LogP contribution in [0.5, 0.6) is 5.75 Å². The Hall–Kier alpha value is -4.65. The fraction of sp³-hybridized carbons (Fsp3) is 0.355. The molecule has 2 aromatic carbocycles. The first kappa shape index (κ1) is 32.3. The number of amides is 3. The zero-order valence-corrected chi connectivity index (χ0v) is 24.9. The summed E-state index contributed by atoms with van der Waals surface area (Å²) in [5, 5.41) is 8.30. The van der Waals surface area contributed by atoms with Crippen molar-refractivity contribution in [2.24, 2.45) is 0 Å². The Morgan fingerprint density at radius 1 is 0.886 bits per heavy atom. The molecule has 1 fully saturated rings. The average molecular weight is 613 g/mol. The lowest BCUT2D eigenvalue weighted by Gasteiger charge is -2.38. The number of pyridine rings is 1. The number of benzene rings is 2. The zero-order valence-electron chi connectivity index (χ0n) is 24.9. The van der Waals surface area contributed by atoms with Crippen LogP contribution in [0.2, 0.25) is 0 Å². The summed E-state index contributed by atoms with van der Waals surface area (Å²) in [6.45, 7) is 9.32. The second-order valence-electron chi connectivity index (χ2n) is 11.4. The summed E-state index contributed by atoms with van der Waals surface area (Å²) < 4.78 is 43.9.